The van der Waals surface area contributed by atoms with Gasteiger partial charge in [0.1, 0.15) is 5.82 Å². The van der Waals surface area contributed by atoms with Gasteiger partial charge in [-0.1, -0.05) is 54.9 Å². The lowest BCUT2D eigenvalue weighted by Crippen LogP contribution is -2.20. The van der Waals surface area contributed by atoms with Crippen LogP contribution in [0, 0.1) is 5.82 Å². The van der Waals surface area contributed by atoms with Crippen LogP contribution in [-0.2, 0) is 4.79 Å². The molecule has 0 spiro atoms. The van der Waals surface area contributed by atoms with Crippen LogP contribution >= 0.6 is 11.6 Å². The highest BCUT2D eigenvalue weighted by atomic mass is 35.5. The van der Waals surface area contributed by atoms with Crippen molar-refractivity contribution in [2.45, 2.75) is 18.8 Å². The topological polar surface area (TPSA) is 37.3 Å². The Balaban J connectivity index is 2.50. The van der Waals surface area contributed by atoms with E-state index in [1.54, 1.807) is 6.92 Å². The van der Waals surface area contributed by atoms with Gasteiger partial charge in [0, 0.05) is 10.6 Å². The highest BCUT2D eigenvalue weighted by molar-refractivity contribution is 6.31. The maximum absolute atomic E-state index is 14.0. The third-order valence-corrected chi connectivity index (χ3v) is 3.73. The Bertz CT molecular complexity index is 593. The molecule has 0 aliphatic heterocycles. The molecule has 0 fully saturated rings. The molecule has 2 nitrogen and oxygen atoms in total. The average Bonchev–Trinajstić information content (AvgIpc) is 2.43. The SMILES string of the molecule is CC(c1ccccc1)C(C(=O)O)c1c(F)cccc1Cl. The van der Waals surface area contributed by atoms with E-state index in [2.05, 4.69) is 0 Å². The summed E-state index contributed by atoms with van der Waals surface area (Å²) in [6.45, 7) is 1.76. The Labute approximate surface area is 121 Å². The Morgan fingerprint density at radius 2 is 1.80 bits per heavy atom. The van der Waals surface area contributed by atoms with Gasteiger partial charge >= 0.3 is 5.97 Å². The summed E-state index contributed by atoms with van der Waals surface area (Å²) in [4.78, 5) is 11.6. The predicted molar refractivity (Wildman–Crippen MR) is 76.6 cm³/mol. The molecule has 2 rings (SSSR count). The van der Waals surface area contributed by atoms with Gasteiger partial charge in [-0.05, 0) is 23.6 Å². The number of aliphatic carboxylic acids is 1. The van der Waals surface area contributed by atoms with E-state index in [9.17, 15) is 14.3 Å². The van der Waals surface area contributed by atoms with Crippen molar-refractivity contribution in [2.75, 3.05) is 0 Å². The molecular weight excluding hydrogens is 279 g/mol. The van der Waals surface area contributed by atoms with Gasteiger partial charge in [0.15, 0.2) is 0 Å². The second-order valence-corrected chi connectivity index (χ2v) is 5.06. The summed E-state index contributed by atoms with van der Waals surface area (Å²) in [6, 6.07) is 13.4. The second-order valence-electron chi connectivity index (χ2n) is 4.65. The van der Waals surface area contributed by atoms with Crippen LogP contribution in [0.4, 0.5) is 4.39 Å². The Hall–Kier alpha value is -1.87. The zero-order valence-corrected chi connectivity index (χ0v) is 11.6. The van der Waals surface area contributed by atoms with Crippen molar-refractivity contribution >= 4 is 17.6 Å². The molecule has 2 aromatic carbocycles. The summed E-state index contributed by atoms with van der Waals surface area (Å²) in [5, 5.41) is 9.62. The minimum atomic E-state index is -1.09. The number of hydrogen-bond acceptors (Lipinski definition) is 1. The Morgan fingerprint density at radius 3 is 2.35 bits per heavy atom. The number of carboxylic acid groups (broad SMARTS) is 1. The van der Waals surface area contributed by atoms with E-state index in [-0.39, 0.29) is 16.5 Å². The zero-order valence-electron chi connectivity index (χ0n) is 10.9. The fourth-order valence-corrected chi connectivity index (χ4v) is 2.62. The highest BCUT2D eigenvalue weighted by Gasteiger charge is 2.31. The molecule has 0 saturated carbocycles. The molecular formula is C16H14ClFO2. The van der Waals surface area contributed by atoms with Crippen molar-refractivity contribution in [1.29, 1.82) is 0 Å². The quantitative estimate of drug-likeness (QED) is 0.904. The van der Waals surface area contributed by atoms with Crippen LogP contribution in [0.15, 0.2) is 48.5 Å². The van der Waals surface area contributed by atoms with E-state index in [1.807, 2.05) is 30.3 Å². The summed E-state index contributed by atoms with van der Waals surface area (Å²) in [7, 11) is 0. The molecule has 0 aliphatic rings. The fraction of sp³-hybridized carbons (Fsp3) is 0.188. The number of carbonyl (C=O) groups is 1. The maximum atomic E-state index is 14.0. The van der Waals surface area contributed by atoms with Crippen LogP contribution in [0.25, 0.3) is 0 Å². The van der Waals surface area contributed by atoms with Gasteiger partial charge in [-0.15, -0.1) is 0 Å². The Kier molecular flexibility index (Phi) is 4.40. The summed E-state index contributed by atoms with van der Waals surface area (Å²) >= 11 is 6.00. The zero-order chi connectivity index (χ0) is 14.7. The number of hydrogen-bond donors (Lipinski definition) is 1. The monoisotopic (exact) mass is 292 g/mol. The van der Waals surface area contributed by atoms with Crippen LogP contribution in [0.1, 0.15) is 29.9 Å². The van der Waals surface area contributed by atoms with Gasteiger partial charge in [0.05, 0.1) is 5.92 Å². The minimum Gasteiger partial charge on any atom is -0.481 e. The third-order valence-electron chi connectivity index (χ3n) is 3.40. The summed E-state index contributed by atoms with van der Waals surface area (Å²) in [5.41, 5.74) is 0.872. The molecule has 104 valence electrons. The standard InChI is InChI=1S/C16H14ClFO2/c1-10(11-6-3-2-4-7-11)14(16(19)20)15-12(17)8-5-9-13(15)18/h2-10,14H,1H3,(H,19,20). The first-order valence-electron chi connectivity index (χ1n) is 6.24. The van der Waals surface area contributed by atoms with E-state index in [0.717, 1.165) is 5.56 Å². The summed E-state index contributed by atoms with van der Waals surface area (Å²) < 4.78 is 14.0. The lowest BCUT2D eigenvalue weighted by atomic mass is 9.82. The minimum absolute atomic E-state index is 0.0398. The van der Waals surface area contributed by atoms with Crippen molar-refractivity contribution in [3.05, 3.63) is 70.5 Å². The van der Waals surface area contributed by atoms with E-state index < -0.39 is 17.7 Å². The third kappa shape index (κ3) is 2.83. The van der Waals surface area contributed by atoms with Crippen molar-refractivity contribution in [3.63, 3.8) is 0 Å². The molecule has 0 saturated heterocycles. The molecule has 0 amide bonds. The fourth-order valence-electron chi connectivity index (χ4n) is 2.34. The smallest absolute Gasteiger partial charge is 0.311 e. The molecule has 0 radical (unpaired) electrons. The average molecular weight is 293 g/mol. The lowest BCUT2D eigenvalue weighted by molar-refractivity contribution is -0.139. The number of benzene rings is 2. The largest absolute Gasteiger partial charge is 0.481 e. The van der Waals surface area contributed by atoms with E-state index >= 15 is 0 Å². The lowest BCUT2D eigenvalue weighted by Gasteiger charge is -2.22. The number of carboxylic acids is 1. The molecule has 0 heterocycles. The molecule has 2 unspecified atom stereocenters. The van der Waals surface area contributed by atoms with E-state index in [1.165, 1.54) is 18.2 Å². The summed E-state index contributed by atoms with van der Waals surface area (Å²) in [6.07, 6.45) is 0. The first kappa shape index (κ1) is 14.5. The molecule has 0 bridgehead atoms. The van der Waals surface area contributed by atoms with Crippen LogP contribution in [-0.4, -0.2) is 11.1 Å². The second kappa shape index (κ2) is 6.06. The van der Waals surface area contributed by atoms with Crippen molar-refractivity contribution in [2.24, 2.45) is 0 Å². The predicted octanol–water partition coefficient (Wildman–Crippen LogP) is 4.45. The van der Waals surface area contributed by atoms with E-state index in [0.29, 0.717) is 0 Å². The van der Waals surface area contributed by atoms with Gasteiger partial charge in [0.25, 0.3) is 0 Å². The number of rotatable bonds is 4. The van der Waals surface area contributed by atoms with Gasteiger partial charge in [-0.25, -0.2) is 4.39 Å². The van der Waals surface area contributed by atoms with Crippen LogP contribution in [0.3, 0.4) is 0 Å². The van der Waals surface area contributed by atoms with Crippen LogP contribution in [0.2, 0.25) is 5.02 Å². The normalized spacial score (nSPS) is 13.8. The first-order valence-corrected chi connectivity index (χ1v) is 6.62. The molecule has 1 N–H and O–H groups in total. The van der Waals surface area contributed by atoms with Crippen LogP contribution < -0.4 is 0 Å². The van der Waals surface area contributed by atoms with Crippen molar-refractivity contribution in [1.82, 2.24) is 0 Å². The summed E-state index contributed by atoms with van der Waals surface area (Å²) in [5.74, 6) is -3.09. The van der Waals surface area contributed by atoms with Gasteiger partial charge in [0.2, 0.25) is 0 Å². The van der Waals surface area contributed by atoms with Crippen molar-refractivity contribution < 1.29 is 14.3 Å². The Morgan fingerprint density at radius 1 is 1.15 bits per heavy atom. The van der Waals surface area contributed by atoms with Gasteiger partial charge in [-0.2, -0.15) is 0 Å². The highest BCUT2D eigenvalue weighted by Crippen LogP contribution is 2.37. The van der Waals surface area contributed by atoms with Crippen LogP contribution in [0.5, 0.6) is 0 Å². The van der Waals surface area contributed by atoms with Crippen molar-refractivity contribution in [3.8, 4) is 0 Å². The number of halogens is 2. The molecule has 2 atom stereocenters. The molecule has 0 aliphatic carbocycles. The molecule has 0 aromatic heterocycles. The maximum Gasteiger partial charge on any atom is 0.311 e. The van der Waals surface area contributed by atoms with E-state index in [4.69, 9.17) is 11.6 Å². The molecule has 20 heavy (non-hydrogen) atoms. The molecule has 4 heteroatoms. The molecule has 2 aromatic rings. The van der Waals surface area contributed by atoms with Gasteiger partial charge in [-0.3, -0.25) is 4.79 Å². The first-order chi connectivity index (χ1) is 9.52. The van der Waals surface area contributed by atoms with Gasteiger partial charge < -0.3 is 5.11 Å².